The molecule has 0 N–H and O–H groups in total. The van der Waals surface area contributed by atoms with E-state index in [9.17, 15) is 4.79 Å². The van der Waals surface area contributed by atoms with Crippen LogP contribution in [-0.2, 0) is 0 Å². The zero-order valence-corrected chi connectivity index (χ0v) is 18.6. The highest BCUT2D eigenvalue weighted by atomic mass is 16.5. The number of furan rings is 1. The van der Waals surface area contributed by atoms with Gasteiger partial charge in [0.05, 0.1) is 24.3 Å². The number of hydrogen-bond acceptors (Lipinski definition) is 5. The molecule has 6 heteroatoms. The van der Waals surface area contributed by atoms with Crippen LogP contribution in [0.4, 0.5) is 0 Å². The highest BCUT2D eigenvalue weighted by molar-refractivity contribution is 5.81. The zero-order valence-electron chi connectivity index (χ0n) is 18.6. The van der Waals surface area contributed by atoms with Crippen molar-refractivity contribution >= 4 is 23.2 Å². The Balaban J connectivity index is 1.91. The summed E-state index contributed by atoms with van der Waals surface area (Å²) in [5, 5.41) is 4.96. The monoisotopic (exact) mass is 427 g/mol. The van der Waals surface area contributed by atoms with Gasteiger partial charge in [0.1, 0.15) is 11.5 Å². The molecule has 2 aromatic heterocycles. The maximum Gasteiger partial charge on any atom is 0.282 e. The Hall–Kier alpha value is -3.93. The van der Waals surface area contributed by atoms with Gasteiger partial charge < -0.3 is 9.15 Å². The lowest BCUT2D eigenvalue weighted by Gasteiger charge is -2.17. The average Bonchev–Trinajstić information content (AvgIpc) is 3.31. The van der Waals surface area contributed by atoms with Crippen LogP contribution in [0.15, 0.2) is 75.2 Å². The maximum absolute atomic E-state index is 13.3. The van der Waals surface area contributed by atoms with E-state index in [-0.39, 0.29) is 11.5 Å². The molecule has 6 nitrogen and oxygen atoms in total. The second kappa shape index (κ2) is 9.06. The van der Waals surface area contributed by atoms with E-state index in [1.807, 2.05) is 49.4 Å². The molecule has 0 amide bonds. The van der Waals surface area contributed by atoms with Gasteiger partial charge in [0.2, 0.25) is 0 Å². The number of para-hydroxylation sites is 1. The van der Waals surface area contributed by atoms with E-state index in [0.717, 1.165) is 22.4 Å². The lowest BCUT2D eigenvalue weighted by Crippen LogP contribution is -2.20. The molecular weight excluding hydrogens is 402 g/mol. The molecule has 2 heterocycles. The number of nitrogens with zero attached hydrogens (tertiary/aromatic N) is 3. The van der Waals surface area contributed by atoms with Crippen molar-refractivity contribution in [1.82, 2.24) is 9.66 Å². The fourth-order valence-corrected chi connectivity index (χ4v) is 3.60. The number of fused-ring (bicyclic) bond motifs is 1. The number of aryl methyl sites for hydroxylation is 1. The van der Waals surface area contributed by atoms with Gasteiger partial charge in [-0.1, -0.05) is 26.0 Å². The molecule has 0 aliphatic heterocycles. The topological polar surface area (TPSA) is 69.6 Å². The molecule has 0 unspecified atom stereocenters. The predicted molar refractivity (Wildman–Crippen MR) is 128 cm³/mol. The van der Waals surface area contributed by atoms with E-state index in [2.05, 4.69) is 18.9 Å². The van der Waals surface area contributed by atoms with Gasteiger partial charge in [0, 0.05) is 11.8 Å². The van der Waals surface area contributed by atoms with Crippen molar-refractivity contribution in [3.05, 3.63) is 88.1 Å². The van der Waals surface area contributed by atoms with Gasteiger partial charge in [-0.25, -0.2) is 4.98 Å². The summed E-state index contributed by atoms with van der Waals surface area (Å²) in [4.78, 5) is 18.2. The van der Waals surface area contributed by atoms with Crippen LogP contribution in [0.25, 0.3) is 28.4 Å². The van der Waals surface area contributed by atoms with Crippen molar-refractivity contribution in [2.45, 2.75) is 26.7 Å². The fourth-order valence-electron chi connectivity index (χ4n) is 3.60. The third-order valence-corrected chi connectivity index (χ3v) is 5.27. The zero-order chi connectivity index (χ0) is 22.7. The molecule has 162 valence electrons. The Morgan fingerprint density at radius 3 is 2.69 bits per heavy atom. The van der Waals surface area contributed by atoms with Crippen LogP contribution in [0.1, 0.15) is 36.7 Å². The molecule has 4 rings (SSSR count). The number of benzene rings is 2. The Morgan fingerprint density at radius 2 is 1.97 bits per heavy atom. The van der Waals surface area contributed by atoms with Crippen LogP contribution in [0.5, 0.6) is 5.75 Å². The Morgan fingerprint density at radius 1 is 1.16 bits per heavy atom. The SMILES string of the molecule is COc1cc(C)c(-c2nc3ccccc3c(=O)n2N=C/C=C/c2ccco2)cc1C(C)C. The average molecular weight is 428 g/mol. The van der Waals surface area contributed by atoms with Crippen molar-refractivity contribution in [2.24, 2.45) is 5.10 Å². The molecule has 4 aromatic rings. The number of ether oxygens (including phenoxy) is 1. The van der Waals surface area contributed by atoms with Gasteiger partial charge in [-0.3, -0.25) is 4.79 Å². The number of allylic oxidation sites excluding steroid dienone is 1. The first-order valence-electron chi connectivity index (χ1n) is 10.4. The number of hydrogen-bond donors (Lipinski definition) is 0. The third kappa shape index (κ3) is 4.12. The van der Waals surface area contributed by atoms with Crippen LogP contribution in [0.3, 0.4) is 0 Å². The van der Waals surface area contributed by atoms with Crippen molar-refractivity contribution in [1.29, 1.82) is 0 Å². The lowest BCUT2D eigenvalue weighted by molar-refractivity contribution is 0.407. The van der Waals surface area contributed by atoms with E-state index in [1.54, 1.807) is 37.8 Å². The molecule has 0 saturated carbocycles. The highest BCUT2D eigenvalue weighted by Crippen LogP contribution is 2.34. The van der Waals surface area contributed by atoms with E-state index in [4.69, 9.17) is 14.1 Å². The standard InChI is InChI=1S/C26H25N3O3/c1-17(2)21-16-22(18(3)15-24(21)31-4)25-28-23-12-6-5-11-20(23)26(30)29(25)27-13-7-9-19-10-8-14-32-19/h5-17H,1-4H3/b9-7+,27-13?. The van der Waals surface area contributed by atoms with Gasteiger partial charge >= 0.3 is 0 Å². The predicted octanol–water partition coefficient (Wildman–Crippen LogP) is 5.64. The first-order chi connectivity index (χ1) is 15.5. The molecular formula is C26H25N3O3. The molecule has 0 fully saturated rings. The van der Waals surface area contributed by atoms with E-state index < -0.39 is 0 Å². The minimum Gasteiger partial charge on any atom is -0.496 e. The second-order valence-electron chi connectivity index (χ2n) is 7.77. The van der Waals surface area contributed by atoms with Gasteiger partial charge in [-0.05, 0) is 72.5 Å². The van der Waals surface area contributed by atoms with E-state index >= 15 is 0 Å². The quantitative estimate of drug-likeness (QED) is 0.373. The van der Waals surface area contributed by atoms with Gasteiger partial charge in [0.25, 0.3) is 5.56 Å². The van der Waals surface area contributed by atoms with Crippen LogP contribution in [0, 0.1) is 6.92 Å². The maximum atomic E-state index is 13.3. The van der Waals surface area contributed by atoms with Crippen molar-refractivity contribution in [3.63, 3.8) is 0 Å². The summed E-state index contributed by atoms with van der Waals surface area (Å²) in [6.07, 6.45) is 6.67. The summed E-state index contributed by atoms with van der Waals surface area (Å²) in [6.45, 7) is 6.19. The van der Waals surface area contributed by atoms with Crippen molar-refractivity contribution < 1.29 is 9.15 Å². The Labute approximate surface area is 186 Å². The van der Waals surface area contributed by atoms with Crippen molar-refractivity contribution in [2.75, 3.05) is 7.11 Å². The van der Waals surface area contributed by atoms with Crippen molar-refractivity contribution in [3.8, 4) is 17.1 Å². The van der Waals surface area contributed by atoms with E-state index in [0.29, 0.717) is 22.5 Å². The summed E-state index contributed by atoms with van der Waals surface area (Å²) < 4.78 is 12.2. The van der Waals surface area contributed by atoms with Gasteiger partial charge in [-0.2, -0.15) is 9.78 Å². The minimum absolute atomic E-state index is 0.227. The Kier molecular flexibility index (Phi) is 6.03. The van der Waals surface area contributed by atoms with Crippen LogP contribution in [-0.4, -0.2) is 23.0 Å². The largest absolute Gasteiger partial charge is 0.496 e. The van der Waals surface area contributed by atoms with Gasteiger partial charge in [-0.15, -0.1) is 0 Å². The Bertz CT molecular complexity index is 1360. The summed E-state index contributed by atoms with van der Waals surface area (Å²) in [5.41, 5.74) is 3.23. The molecule has 0 aliphatic rings. The first kappa shape index (κ1) is 21.3. The normalized spacial score (nSPS) is 11.9. The molecule has 0 atom stereocenters. The molecule has 0 bridgehead atoms. The number of aromatic nitrogens is 2. The summed E-state index contributed by atoms with van der Waals surface area (Å²) in [6, 6.07) is 15.0. The lowest BCUT2D eigenvalue weighted by atomic mass is 9.96. The van der Waals surface area contributed by atoms with Crippen LogP contribution in [0.2, 0.25) is 0 Å². The number of methoxy groups -OCH3 is 1. The van der Waals surface area contributed by atoms with Gasteiger partial charge in [0.15, 0.2) is 5.82 Å². The third-order valence-electron chi connectivity index (χ3n) is 5.27. The molecule has 0 aliphatic carbocycles. The molecule has 32 heavy (non-hydrogen) atoms. The smallest absolute Gasteiger partial charge is 0.282 e. The van der Waals surface area contributed by atoms with Crippen LogP contribution < -0.4 is 10.3 Å². The highest BCUT2D eigenvalue weighted by Gasteiger charge is 2.18. The molecule has 0 saturated heterocycles. The summed E-state index contributed by atoms with van der Waals surface area (Å²) in [7, 11) is 1.67. The molecule has 0 spiro atoms. The van der Waals surface area contributed by atoms with E-state index in [1.165, 1.54) is 4.68 Å². The minimum atomic E-state index is -0.227. The molecule has 2 aromatic carbocycles. The first-order valence-corrected chi connectivity index (χ1v) is 10.4. The summed E-state index contributed by atoms with van der Waals surface area (Å²) in [5.74, 6) is 2.25. The second-order valence-corrected chi connectivity index (χ2v) is 7.77. The van der Waals surface area contributed by atoms with Crippen LogP contribution >= 0.6 is 0 Å². The fraction of sp³-hybridized carbons (Fsp3) is 0.192. The molecule has 0 radical (unpaired) electrons. The number of rotatable bonds is 6. The summed E-state index contributed by atoms with van der Waals surface area (Å²) >= 11 is 0.